The molecule has 7 nitrogen and oxygen atoms in total. The van der Waals surface area contributed by atoms with Crippen LogP contribution in [0.5, 0.6) is 5.75 Å². The molecule has 0 aliphatic heterocycles. The van der Waals surface area contributed by atoms with Gasteiger partial charge in [-0.2, -0.15) is 13.2 Å². The number of aliphatic hydroxyl groups is 1. The summed E-state index contributed by atoms with van der Waals surface area (Å²) in [6.45, 7) is 0.218. The zero-order valence-corrected chi connectivity index (χ0v) is 14.7. The highest BCUT2D eigenvalue weighted by atomic mass is 19.4. The normalized spacial score (nSPS) is 13.5. The zero-order chi connectivity index (χ0) is 21.8. The van der Waals surface area contributed by atoms with Gasteiger partial charge in [0.1, 0.15) is 12.4 Å². The number of carbonyl (C=O) groups excluding carboxylic acids is 1. The van der Waals surface area contributed by atoms with Crippen molar-refractivity contribution in [2.45, 2.75) is 18.7 Å². The number of nitrogens with one attached hydrogen (secondary N) is 2. The van der Waals surface area contributed by atoms with Gasteiger partial charge in [-0.15, -0.1) is 4.99 Å². The monoisotopic (exact) mass is 422 g/mol. The van der Waals surface area contributed by atoms with Gasteiger partial charge in [0.15, 0.2) is 17.2 Å². The average molecular weight is 422 g/mol. The molecule has 0 spiro atoms. The molecule has 158 valence electrons. The van der Waals surface area contributed by atoms with Crippen molar-refractivity contribution in [2.75, 3.05) is 17.4 Å². The summed E-state index contributed by atoms with van der Waals surface area (Å²) in [6, 6.07) is 4.84. The Hall–Kier alpha value is -2.96. The van der Waals surface area contributed by atoms with E-state index < -0.39 is 52.9 Å². The van der Waals surface area contributed by atoms with Gasteiger partial charge in [0.2, 0.25) is 0 Å². The lowest BCUT2D eigenvalue weighted by molar-refractivity contribution is -0.216. The van der Waals surface area contributed by atoms with Gasteiger partial charge in [0.25, 0.3) is 5.91 Å². The second-order valence-electron chi connectivity index (χ2n) is 6.04. The van der Waals surface area contributed by atoms with Crippen molar-refractivity contribution in [1.82, 2.24) is 0 Å². The Balaban J connectivity index is 2.13. The van der Waals surface area contributed by atoms with Crippen molar-refractivity contribution < 1.29 is 46.8 Å². The van der Waals surface area contributed by atoms with Gasteiger partial charge in [0, 0.05) is 11.8 Å². The predicted octanol–water partition coefficient (Wildman–Crippen LogP) is 3.57. The van der Waals surface area contributed by atoms with E-state index in [1.165, 1.54) is 0 Å². The first-order chi connectivity index (χ1) is 13.4. The van der Waals surface area contributed by atoms with Crippen LogP contribution in [0.25, 0.3) is 0 Å². The molecule has 0 fully saturated rings. The van der Waals surface area contributed by atoms with E-state index in [9.17, 15) is 31.9 Å². The number of halogens is 5. The molecule has 0 unspecified atom stereocenters. The lowest BCUT2D eigenvalue weighted by Gasteiger charge is -2.23. The fourth-order valence-corrected chi connectivity index (χ4v) is 2.14. The summed E-state index contributed by atoms with van der Waals surface area (Å²) in [5, 5.41) is 20.5. The van der Waals surface area contributed by atoms with Crippen LogP contribution in [0.15, 0.2) is 36.4 Å². The van der Waals surface area contributed by atoms with Gasteiger partial charge >= 0.3 is 6.18 Å². The fraction of sp³-hybridized carbons (Fsp3) is 0.235. The number of ether oxygens (including phenoxy) is 1. The number of anilines is 2. The Kier molecular flexibility index (Phi) is 6.62. The maximum absolute atomic E-state index is 13.5. The van der Waals surface area contributed by atoms with Crippen molar-refractivity contribution in [2.24, 2.45) is 0 Å². The van der Waals surface area contributed by atoms with Crippen LogP contribution in [0.1, 0.15) is 12.5 Å². The van der Waals surface area contributed by atoms with E-state index in [4.69, 9.17) is 9.99 Å². The molecule has 0 heterocycles. The molecule has 12 heteroatoms. The summed E-state index contributed by atoms with van der Waals surface area (Å²) in [5.41, 5.74) is -2.87. The summed E-state index contributed by atoms with van der Waals surface area (Å²) in [5.74, 6) is -3.50. The second kappa shape index (κ2) is 8.59. The first-order valence-electron chi connectivity index (χ1n) is 7.83. The standard InChI is InChI=1S/C17H15F5N2O5/c1-16(26,8-28-14-5-2-9(18)6-12(14)19)15(25)23-10-3-4-13(24-29-27)11(7-10)17(20,21)22/h2-7,24,26-27H,8H2,1H3,(H,23,25)/t16-/m0/s1. The molecule has 0 saturated heterocycles. The maximum atomic E-state index is 13.5. The molecule has 0 aromatic heterocycles. The minimum atomic E-state index is -4.85. The van der Waals surface area contributed by atoms with E-state index in [2.05, 4.69) is 10.3 Å². The van der Waals surface area contributed by atoms with E-state index in [-0.39, 0.29) is 5.69 Å². The molecule has 2 aromatic carbocycles. The summed E-state index contributed by atoms with van der Waals surface area (Å²) in [7, 11) is 0. The van der Waals surface area contributed by atoms with Crippen LogP contribution in [-0.2, 0) is 16.0 Å². The van der Waals surface area contributed by atoms with Gasteiger partial charge in [-0.3, -0.25) is 4.79 Å². The Bertz CT molecular complexity index is 889. The predicted molar refractivity (Wildman–Crippen MR) is 89.9 cm³/mol. The highest BCUT2D eigenvalue weighted by molar-refractivity contribution is 5.97. The molecule has 1 amide bonds. The molecular formula is C17H15F5N2O5. The number of alkyl halides is 3. The van der Waals surface area contributed by atoms with Crippen molar-refractivity contribution in [3.05, 3.63) is 53.6 Å². The summed E-state index contributed by atoms with van der Waals surface area (Å²) < 4.78 is 70.6. The Morgan fingerprint density at radius 2 is 1.83 bits per heavy atom. The van der Waals surface area contributed by atoms with Crippen molar-refractivity contribution in [3.63, 3.8) is 0 Å². The first kappa shape index (κ1) is 22.3. The molecule has 2 aromatic rings. The maximum Gasteiger partial charge on any atom is 0.418 e. The Morgan fingerprint density at radius 1 is 1.14 bits per heavy atom. The van der Waals surface area contributed by atoms with Crippen LogP contribution in [0.4, 0.5) is 33.3 Å². The minimum absolute atomic E-state index is 0.334. The summed E-state index contributed by atoms with van der Waals surface area (Å²) in [6.07, 6.45) is -4.85. The average Bonchev–Trinajstić information content (AvgIpc) is 2.61. The lowest BCUT2D eigenvalue weighted by Crippen LogP contribution is -2.45. The Labute approximate surface area is 160 Å². The van der Waals surface area contributed by atoms with E-state index in [0.29, 0.717) is 12.1 Å². The van der Waals surface area contributed by atoms with E-state index in [0.717, 1.165) is 31.2 Å². The van der Waals surface area contributed by atoms with Gasteiger partial charge < -0.3 is 15.2 Å². The molecular weight excluding hydrogens is 407 g/mol. The van der Waals surface area contributed by atoms with Crippen LogP contribution >= 0.6 is 0 Å². The van der Waals surface area contributed by atoms with E-state index in [1.54, 1.807) is 5.48 Å². The van der Waals surface area contributed by atoms with Crippen molar-refractivity contribution >= 4 is 17.3 Å². The largest absolute Gasteiger partial charge is 0.487 e. The number of rotatable bonds is 7. The third-order valence-electron chi connectivity index (χ3n) is 3.63. The smallest absolute Gasteiger partial charge is 0.418 e. The number of amides is 1. The van der Waals surface area contributed by atoms with Crippen LogP contribution in [0.3, 0.4) is 0 Å². The third kappa shape index (κ3) is 5.76. The molecule has 29 heavy (non-hydrogen) atoms. The third-order valence-corrected chi connectivity index (χ3v) is 3.63. The SMILES string of the molecule is C[C@](O)(COc1ccc(F)cc1F)C(=O)Nc1ccc(NOO)c(C(F)(F)F)c1. The molecule has 2 rings (SSSR count). The molecule has 4 N–H and O–H groups in total. The summed E-state index contributed by atoms with van der Waals surface area (Å²) >= 11 is 0. The number of hydrogen-bond donors (Lipinski definition) is 4. The highest BCUT2D eigenvalue weighted by Crippen LogP contribution is 2.36. The summed E-state index contributed by atoms with van der Waals surface area (Å²) in [4.78, 5) is 15.7. The zero-order valence-electron chi connectivity index (χ0n) is 14.7. The molecule has 0 saturated carbocycles. The van der Waals surface area contributed by atoms with Crippen LogP contribution in [0, 0.1) is 11.6 Å². The van der Waals surface area contributed by atoms with Gasteiger partial charge in [-0.1, -0.05) is 0 Å². The minimum Gasteiger partial charge on any atom is -0.487 e. The highest BCUT2D eigenvalue weighted by Gasteiger charge is 2.36. The van der Waals surface area contributed by atoms with Crippen molar-refractivity contribution in [3.8, 4) is 5.75 Å². The number of carbonyl (C=O) groups is 1. The van der Waals surface area contributed by atoms with E-state index >= 15 is 0 Å². The molecule has 0 bridgehead atoms. The van der Waals surface area contributed by atoms with Gasteiger partial charge in [-0.05, 0) is 37.3 Å². The van der Waals surface area contributed by atoms with E-state index in [1.807, 2.05) is 0 Å². The first-order valence-corrected chi connectivity index (χ1v) is 7.83. The lowest BCUT2D eigenvalue weighted by atomic mass is 10.1. The van der Waals surface area contributed by atoms with Crippen LogP contribution in [-0.4, -0.2) is 28.5 Å². The molecule has 0 aliphatic rings. The molecule has 0 aliphatic carbocycles. The molecule has 0 radical (unpaired) electrons. The van der Waals surface area contributed by atoms with Gasteiger partial charge in [-0.25, -0.2) is 19.5 Å². The number of hydrogen-bond acceptors (Lipinski definition) is 6. The second-order valence-corrected chi connectivity index (χ2v) is 6.04. The van der Waals surface area contributed by atoms with Crippen molar-refractivity contribution in [1.29, 1.82) is 0 Å². The van der Waals surface area contributed by atoms with Crippen LogP contribution in [0.2, 0.25) is 0 Å². The molecule has 1 atom stereocenters. The quantitative estimate of drug-likeness (QED) is 0.309. The fourth-order valence-electron chi connectivity index (χ4n) is 2.14. The number of benzene rings is 2. The van der Waals surface area contributed by atoms with Crippen LogP contribution < -0.4 is 15.5 Å². The topological polar surface area (TPSA) is 100 Å². The Morgan fingerprint density at radius 3 is 2.41 bits per heavy atom. The van der Waals surface area contributed by atoms with Gasteiger partial charge in [0.05, 0.1) is 11.3 Å².